The maximum absolute atomic E-state index is 5.69. The van der Waals surface area contributed by atoms with Crippen LogP contribution in [-0.4, -0.2) is 19.8 Å². The molecule has 3 nitrogen and oxygen atoms in total. The van der Waals surface area contributed by atoms with Crippen LogP contribution in [0, 0.1) is 0 Å². The Bertz CT molecular complexity index is 546. The van der Waals surface area contributed by atoms with E-state index in [2.05, 4.69) is 21.2 Å². The molecule has 0 aliphatic heterocycles. The summed E-state index contributed by atoms with van der Waals surface area (Å²) >= 11 is 3.45. The third-order valence-corrected chi connectivity index (χ3v) is 3.13. The van der Waals surface area contributed by atoms with Gasteiger partial charge in [0.05, 0.1) is 6.61 Å². The summed E-state index contributed by atoms with van der Waals surface area (Å²) in [6.45, 7) is 3.97. The molecule has 0 atom stereocenters. The predicted molar refractivity (Wildman–Crippen MR) is 85.7 cm³/mol. The van der Waals surface area contributed by atoms with Crippen LogP contribution >= 0.6 is 15.9 Å². The van der Waals surface area contributed by atoms with Crippen LogP contribution in [0.15, 0.2) is 53.0 Å². The molecular weight excluding hydrogens is 318 g/mol. The first-order valence-electron chi connectivity index (χ1n) is 6.63. The molecule has 0 fully saturated rings. The summed E-state index contributed by atoms with van der Waals surface area (Å²) in [5.74, 6) is 1.66. The minimum absolute atomic E-state index is 0.599. The Morgan fingerprint density at radius 1 is 1.00 bits per heavy atom. The van der Waals surface area contributed by atoms with E-state index in [1.54, 1.807) is 0 Å². The second kappa shape index (κ2) is 7.80. The summed E-state index contributed by atoms with van der Waals surface area (Å²) in [5.41, 5.74) is 1.08. The first-order chi connectivity index (χ1) is 9.78. The van der Waals surface area contributed by atoms with Gasteiger partial charge in [0, 0.05) is 22.8 Å². The van der Waals surface area contributed by atoms with E-state index in [4.69, 9.17) is 9.47 Å². The second-order valence-corrected chi connectivity index (χ2v) is 5.11. The fourth-order valence-corrected chi connectivity index (χ4v) is 2.18. The number of benzene rings is 2. The van der Waals surface area contributed by atoms with Gasteiger partial charge in [-0.2, -0.15) is 0 Å². The van der Waals surface area contributed by atoms with Gasteiger partial charge in [0.25, 0.3) is 0 Å². The van der Waals surface area contributed by atoms with E-state index in [0.717, 1.165) is 28.2 Å². The Balaban J connectivity index is 1.77. The molecule has 0 saturated carbocycles. The van der Waals surface area contributed by atoms with Crippen molar-refractivity contribution < 1.29 is 9.47 Å². The zero-order chi connectivity index (χ0) is 14.2. The highest BCUT2D eigenvalue weighted by Crippen LogP contribution is 2.19. The molecule has 2 aromatic rings. The minimum atomic E-state index is 0.599. The molecule has 0 saturated heterocycles. The molecule has 0 aliphatic rings. The van der Waals surface area contributed by atoms with Gasteiger partial charge in [-0.3, -0.25) is 0 Å². The van der Waals surface area contributed by atoms with Gasteiger partial charge in [0.2, 0.25) is 0 Å². The minimum Gasteiger partial charge on any atom is -0.494 e. The van der Waals surface area contributed by atoms with Gasteiger partial charge in [-0.15, -0.1) is 0 Å². The zero-order valence-corrected chi connectivity index (χ0v) is 13.0. The van der Waals surface area contributed by atoms with Crippen LogP contribution in [0.1, 0.15) is 6.92 Å². The van der Waals surface area contributed by atoms with Crippen molar-refractivity contribution >= 4 is 21.6 Å². The van der Waals surface area contributed by atoms with Gasteiger partial charge in [-0.1, -0.05) is 28.1 Å². The quantitative estimate of drug-likeness (QED) is 0.763. The van der Waals surface area contributed by atoms with Gasteiger partial charge in [-0.25, -0.2) is 0 Å². The highest BCUT2D eigenvalue weighted by atomic mass is 79.9. The first-order valence-corrected chi connectivity index (χ1v) is 7.42. The SMILES string of the molecule is CCOc1cccc(OCCNc2cccc(Br)c2)c1. The summed E-state index contributed by atoms with van der Waals surface area (Å²) in [7, 11) is 0. The molecule has 0 spiro atoms. The number of hydrogen-bond donors (Lipinski definition) is 1. The molecular formula is C16H18BrNO2. The van der Waals surface area contributed by atoms with E-state index in [1.807, 2.05) is 55.5 Å². The monoisotopic (exact) mass is 335 g/mol. The molecule has 4 heteroatoms. The number of anilines is 1. The summed E-state index contributed by atoms with van der Waals surface area (Å²) < 4.78 is 12.2. The Hall–Kier alpha value is -1.68. The van der Waals surface area contributed by atoms with Gasteiger partial charge in [0.15, 0.2) is 0 Å². The fourth-order valence-electron chi connectivity index (χ4n) is 1.78. The van der Waals surface area contributed by atoms with Crippen molar-refractivity contribution in [2.45, 2.75) is 6.92 Å². The molecule has 0 aromatic heterocycles. The maximum atomic E-state index is 5.69. The molecule has 2 aromatic carbocycles. The van der Waals surface area contributed by atoms with Crippen LogP contribution in [0.2, 0.25) is 0 Å². The van der Waals surface area contributed by atoms with Gasteiger partial charge >= 0.3 is 0 Å². The summed E-state index contributed by atoms with van der Waals surface area (Å²) in [4.78, 5) is 0. The average Bonchev–Trinajstić information content (AvgIpc) is 2.45. The molecule has 0 unspecified atom stereocenters. The molecule has 0 heterocycles. The summed E-state index contributed by atoms with van der Waals surface area (Å²) in [5, 5.41) is 3.31. The molecule has 0 aliphatic carbocycles. The fraction of sp³-hybridized carbons (Fsp3) is 0.250. The van der Waals surface area contributed by atoms with Crippen molar-refractivity contribution in [3.63, 3.8) is 0 Å². The number of ether oxygens (including phenoxy) is 2. The lowest BCUT2D eigenvalue weighted by molar-refractivity contribution is 0.319. The van der Waals surface area contributed by atoms with Gasteiger partial charge < -0.3 is 14.8 Å². The number of halogens is 1. The number of nitrogens with one attached hydrogen (secondary N) is 1. The van der Waals surface area contributed by atoms with Crippen molar-refractivity contribution in [3.05, 3.63) is 53.0 Å². The van der Waals surface area contributed by atoms with E-state index in [0.29, 0.717) is 13.2 Å². The third-order valence-electron chi connectivity index (χ3n) is 2.64. The largest absolute Gasteiger partial charge is 0.494 e. The van der Waals surface area contributed by atoms with Crippen molar-refractivity contribution in [3.8, 4) is 11.5 Å². The smallest absolute Gasteiger partial charge is 0.123 e. The summed E-state index contributed by atoms with van der Waals surface area (Å²) in [6, 6.07) is 15.8. The lowest BCUT2D eigenvalue weighted by Gasteiger charge is -2.10. The van der Waals surface area contributed by atoms with Crippen molar-refractivity contribution in [2.24, 2.45) is 0 Å². The van der Waals surface area contributed by atoms with E-state index in [1.165, 1.54) is 0 Å². The topological polar surface area (TPSA) is 30.5 Å². The molecule has 106 valence electrons. The maximum Gasteiger partial charge on any atom is 0.123 e. The second-order valence-electron chi connectivity index (χ2n) is 4.19. The van der Waals surface area contributed by atoms with Crippen LogP contribution < -0.4 is 14.8 Å². The van der Waals surface area contributed by atoms with Crippen LogP contribution in [0.3, 0.4) is 0 Å². The molecule has 20 heavy (non-hydrogen) atoms. The third kappa shape index (κ3) is 4.78. The van der Waals surface area contributed by atoms with Crippen LogP contribution in [0.5, 0.6) is 11.5 Å². The molecule has 0 radical (unpaired) electrons. The lowest BCUT2D eigenvalue weighted by atomic mass is 10.3. The highest BCUT2D eigenvalue weighted by molar-refractivity contribution is 9.10. The predicted octanol–water partition coefficient (Wildman–Crippen LogP) is 4.34. The number of rotatable bonds is 7. The Morgan fingerprint density at radius 2 is 1.75 bits per heavy atom. The first kappa shape index (κ1) is 14.7. The van der Waals surface area contributed by atoms with E-state index >= 15 is 0 Å². The van der Waals surface area contributed by atoms with E-state index in [-0.39, 0.29) is 0 Å². The Labute approximate surface area is 128 Å². The lowest BCUT2D eigenvalue weighted by Crippen LogP contribution is -2.11. The Morgan fingerprint density at radius 3 is 2.50 bits per heavy atom. The van der Waals surface area contributed by atoms with E-state index in [9.17, 15) is 0 Å². The molecule has 0 amide bonds. The van der Waals surface area contributed by atoms with E-state index < -0.39 is 0 Å². The van der Waals surface area contributed by atoms with Crippen LogP contribution in [0.4, 0.5) is 5.69 Å². The van der Waals surface area contributed by atoms with Crippen LogP contribution in [0.25, 0.3) is 0 Å². The van der Waals surface area contributed by atoms with Crippen LogP contribution in [-0.2, 0) is 0 Å². The van der Waals surface area contributed by atoms with Crippen molar-refractivity contribution in [2.75, 3.05) is 25.1 Å². The normalized spacial score (nSPS) is 10.1. The Kier molecular flexibility index (Phi) is 5.74. The standard InChI is InChI=1S/C16H18BrNO2/c1-2-19-15-7-4-8-16(12-15)20-10-9-18-14-6-3-5-13(17)11-14/h3-8,11-12,18H,2,9-10H2,1H3. The van der Waals surface area contributed by atoms with Crippen molar-refractivity contribution in [1.29, 1.82) is 0 Å². The molecule has 1 N–H and O–H groups in total. The molecule has 0 bridgehead atoms. The highest BCUT2D eigenvalue weighted by Gasteiger charge is 1.98. The average molecular weight is 336 g/mol. The molecule has 2 rings (SSSR count). The van der Waals surface area contributed by atoms with Gasteiger partial charge in [0.1, 0.15) is 18.1 Å². The van der Waals surface area contributed by atoms with Crippen molar-refractivity contribution in [1.82, 2.24) is 0 Å². The summed E-state index contributed by atoms with van der Waals surface area (Å²) in [6.07, 6.45) is 0. The zero-order valence-electron chi connectivity index (χ0n) is 11.4. The number of hydrogen-bond acceptors (Lipinski definition) is 3. The van der Waals surface area contributed by atoms with Gasteiger partial charge in [-0.05, 0) is 37.3 Å².